The maximum Gasteiger partial charge on any atom is 0.221 e. The predicted octanol–water partition coefficient (Wildman–Crippen LogP) is 4.20. The van der Waals surface area contributed by atoms with Gasteiger partial charge in [0, 0.05) is 23.2 Å². The molecule has 104 valence electrons. The summed E-state index contributed by atoms with van der Waals surface area (Å²) in [6, 6.07) is 10.5. The monoisotopic (exact) mass is 286 g/mol. The number of anilines is 2. The highest BCUT2D eigenvalue weighted by Crippen LogP contribution is 2.35. The number of aryl methyl sites for hydroxylation is 1. The van der Waals surface area contributed by atoms with Gasteiger partial charge in [0.2, 0.25) is 5.91 Å². The molecule has 3 nitrogen and oxygen atoms in total. The van der Waals surface area contributed by atoms with Crippen molar-refractivity contribution < 1.29 is 4.79 Å². The van der Waals surface area contributed by atoms with Gasteiger partial charge in [-0.1, -0.05) is 6.07 Å². The number of hydrogen-bond donors (Lipinski definition) is 2. The first kappa shape index (κ1) is 13.2. The molecular formula is C16H18N2OS. The zero-order chi connectivity index (χ0) is 13.9. The third kappa shape index (κ3) is 2.85. The molecule has 2 N–H and O–H groups in total. The summed E-state index contributed by atoms with van der Waals surface area (Å²) in [5, 5.41) is 8.59. The minimum atomic E-state index is -0.0417. The Kier molecular flexibility index (Phi) is 3.74. The van der Waals surface area contributed by atoms with Crippen molar-refractivity contribution in [1.82, 2.24) is 0 Å². The van der Waals surface area contributed by atoms with Gasteiger partial charge in [-0.25, -0.2) is 0 Å². The van der Waals surface area contributed by atoms with Gasteiger partial charge in [0.05, 0.1) is 6.04 Å². The summed E-state index contributed by atoms with van der Waals surface area (Å²) >= 11 is 1.85. The van der Waals surface area contributed by atoms with E-state index in [9.17, 15) is 4.79 Å². The highest BCUT2D eigenvalue weighted by atomic mass is 32.1. The number of rotatable bonds is 3. The summed E-state index contributed by atoms with van der Waals surface area (Å²) in [5.41, 5.74) is 3.33. The Bertz CT molecular complexity index is 620. The maximum absolute atomic E-state index is 11.1. The summed E-state index contributed by atoms with van der Waals surface area (Å²) < 4.78 is 0. The lowest BCUT2D eigenvalue weighted by Crippen LogP contribution is -2.15. The van der Waals surface area contributed by atoms with Gasteiger partial charge < -0.3 is 10.6 Å². The number of benzene rings is 1. The number of amides is 1. The summed E-state index contributed by atoms with van der Waals surface area (Å²) in [4.78, 5) is 12.6. The molecule has 0 aliphatic heterocycles. The van der Waals surface area contributed by atoms with E-state index in [4.69, 9.17) is 0 Å². The first-order valence-corrected chi connectivity index (χ1v) is 7.81. The number of thiophene rings is 1. The van der Waals surface area contributed by atoms with Crippen molar-refractivity contribution in [3.8, 4) is 0 Å². The molecule has 1 heterocycles. The fourth-order valence-electron chi connectivity index (χ4n) is 2.73. The highest BCUT2D eigenvalue weighted by molar-refractivity contribution is 7.10. The van der Waals surface area contributed by atoms with Crippen molar-refractivity contribution in [2.75, 3.05) is 10.6 Å². The van der Waals surface area contributed by atoms with Crippen molar-refractivity contribution in [3.05, 3.63) is 46.2 Å². The quantitative estimate of drug-likeness (QED) is 0.888. The van der Waals surface area contributed by atoms with E-state index in [1.807, 2.05) is 35.6 Å². The minimum Gasteiger partial charge on any atom is -0.378 e. The minimum absolute atomic E-state index is 0.0417. The van der Waals surface area contributed by atoms with Crippen LogP contribution in [0.2, 0.25) is 0 Å². The molecule has 1 aromatic carbocycles. The van der Waals surface area contributed by atoms with Gasteiger partial charge in [-0.3, -0.25) is 4.79 Å². The molecule has 2 aromatic rings. The van der Waals surface area contributed by atoms with Crippen LogP contribution in [-0.2, 0) is 11.2 Å². The molecule has 1 amide bonds. The van der Waals surface area contributed by atoms with Gasteiger partial charge >= 0.3 is 0 Å². The van der Waals surface area contributed by atoms with Gasteiger partial charge in [-0.2, -0.15) is 0 Å². The fourth-order valence-corrected chi connectivity index (χ4v) is 3.72. The van der Waals surface area contributed by atoms with Gasteiger partial charge in [0.15, 0.2) is 0 Å². The molecule has 0 saturated carbocycles. The van der Waals surface area contributed by atoms with Crippen LogP contribution in [0.3, 0.4) is 0 Å². The summed E-state index contributed by atoms with van der Waals surface area (Å²) in [5.74, 6) is -0.0417. The summed E-state index contributed by atoms with van der Waals surface area (Å²) in [7, 11) is 0. The van der Waals surface area contributed by atoms with Crippen LogP contribution in [0.4, 0.5) is 11.4 Å². The van der Waals surface area contributed by atoms with E-state index in [2.05, 4.69) is 22.1 Å². The number of nitrogens with one attached hydrogen (secondary N) is 2. The average molecular weight is 286 g/mol. The lowest BCUT2D eigenvalue weighted by Gasteiger charge is -2.25. The normalized spacial score (nSPS) is 17.4. The predicted molar refractivity (Wildman–Crippen MR) is 84.4 cm³/mol. The van der Waals surface area contributed by atoms with Crippen LogP contribution in [0, 0.1) is 0 Å². The van der Waals surface area contributed by atoms with E-state index in [1.54, 1.807) is 0 Å². The van der Waals surface area contributed by atoms with Crippen LogP contribution in [0.5, 0.6) is 0 Å². The third-order valence-electron chi connectivity index (χ3n) is 3.58. The van der Waals surface area contributed by atoms with E-state index < -0.39 is 0 Å². The molecule has 0 spiro atoms. The van der Waals surface area contributed by atoms with Gasteiger partial charge in [-0.15, -0.1) is 11.3 Å². The largest absolute Gasteiger partial charge is 0.378 e. The van der Waals surface area contributed by atoms with Crippen LogP contribution >= 0.6 is 11.3 Å². The summed E-state index contributed by atoms with van der Waals surface area (Å²) in [6.45, 7) is 1.53. The van der Waals surface area contributed by atoms with Crippen LogP contribution in [-0.4, -0.2) is 5.91 Å². The zero-order valence-corrected chi connectivity index (χ0v) is 12.3. The maximum atomic E-state index is 11.1. The summed E-state index contributed by atoms with van der Waals surface area (Å²) in [6.07, 6.45) is 3.60. The second-order valence-corrected chi connectivity index (χ2v) is 6.15. The Morgan fingerprint density at radius 3 is 3.00 bits per heavy atom. The van der Waals surface area contributed by atoms with Crippen LogP contribution in [0.15, 0.2) is 35.7 Å². The van der Waals surface area contributed by atoms with E-state index in [0.29, 0.717) is 6.04 Å². The van der Waals surface area contributed by atoms with E-state index in [1.165, 1.54) is 30.2 Å². The molecule has 0 fully saturated rings. The fraction of sp³-hybridized carbons (Fsp3) is 0.312. The second kappa shape index (κ2) is 5.67. The Morgan fingerprint density at radius 2 is 2.15 bits per heavy atom. The van der Waals surface area contributed by atoms with Gasteiger partial charge in [-0.05, 0) is 54.5 Å². The Hall–Kier alpha value is -1.81. The van der Waals surface area contributed by atoms with Gasteiger partial charge in [0.25, 0.3) is 0 Å². The van der Waals surface area contributed by atoms with Crippen LogP contribution in [0.1, 0.15) is 36.2 Å². The third-order valence-corrected chi connectivity index (χ3v) is 4.57. The Morgan fingerprint density at radius 1 is 1.30 bits per heavy atom. The molecule has 1 aromatic heterocycles. The van der Waals surface area contributed by atoms with Crippen molar-refractivity contribution in [2.45, 2.75) is 32.2 Å². The zero-order valence-electron chi connectivity index (χ0n) is 11.5. The van der Waals surface area contributed by atoms with Gasteiger partial charge in [0.1, 0.15) is 0 Å². The molecule has 0 radical (unpaired) electrons. The topological polar surface area (TPSA) is 41.1 Å². The van der Waals surface area contributed by atoms with Crippen molar-refractivity contribution in [3.63, 3.8) is 0 Å². The molecular weight excluding hydrogens is 268 g/mol. The van der Waals surface area contributed by atoms with E-state index in [-0.39, 0.29) is 5.91 Å². The molecule has 4 heteroatoms. The van der Waals surface area contributed by atoms with E-state index in [0.717, 1.165) is 17.8 Å². The van der Waals surface area contributed by atoms with Crippen molar-refractivity contribution >= 4 is 28.6 Å². The van der Waals surface area contributed by atoms with Crippen LogP contribution in [0.25, 0.3) is 0 Å². The molecule has 1 unspecified atom stereocenters. The molecule has 20 heavy (non-hydrogen) atoms. The first-order chi connectivity index (χ1) is 9.72. The molecule has 0 saturated heterocycles. The highest BCUT2D eigenvalue weighted by Gasteiger charge is 2.20. The Balaban J connectivity index is 1.77. The van der Waals surface area contributed by atoms with E-state index >= 15 is 0 Å². The molecule has 1 aliphatic rings. The van der Waals surface area contributed by atoms with Crippen molar-refractivity contribution in [2.24, 2.45) is 0 Å². The molecule has 0 bridgehead atoms. The molecule has 1 aliphatic carbocycles. The number of carbonyl (C=O) groups is 1. The van der Waals surface area contributed by atoms with Crippen molar-refractivity contribution in [1.29, 1.82) is 0 Å². The standard InChI is InChI=1S/C16H18N2OS/c1-11(19)17-12-4-2-5-13(10-12)18-15-6-3-7-16-14(15)8-9-20-16/h2,4-5,8-10,15,18H,3,6-7H2,1H3,(H,17,19). The van der Waals surface area contributed by atoms with Crippen LogP contribution < -0.4 is 10.6 Å². The molecule has 1 atom stereocenters. The smallest absolute Gasteiger partial charge is 0.221 e. The first-order valence-electron chi connectivity index (χ1n) is 6.93. The SMILES string of the molecule is CC(=O)Nc1cccc(NC2CCCc3sccc32)c1. The Labute approximate surface area is 123 Å². The lowest BCUT2D eigenvalue weighted by atomic mass is 9.94. The molecule has 3 rings (SSSR count). The number of fused-ring (bicyclic) bond motifs is 1. The number of carbonyl (C=O) groups excluding carboxylic acids is 1. The second-order valence-electron chi connectivity index (χ2n) is 5.15. The number of hydrogen-bond acceptors (Lipinski definition) is 3. The lowest BCUT2D eigenvalue weighted by molar-refractivity contribution is -0.114. The average Bonchev–Trinajstić information content (AvgIpc) is 2.88.